The minimum Gasteiger partial charge on any atom is -0.378 e. The Balaban J connectivity index is 1.46. The van der Waals surface area contributed by atoms with Crippen LogP contribution >= 0.6 is 0 Å². The molecule has 2 aromatic carbocycles. The van der Waals surface area contributed by atoms with Gasteiger partial charge in [0.2, 0.25) is 5.91 Å². The fraction of sp³-hybridized carbons (Fsp3) is 0.381. The van der Waals surface area contributed by atoms with E-state index in [2.05, 4.69) is 52.8 Å². The molecule has 0 unspecified atom stereocenters. The van der Waals surface area contributed by atoms with Gasteiger partial charge in [-0.25, -0.2) is 0 Å². The van der Waals surface area contributed by atoms with Crippen LogP contribution in [0.5, 0.6) is 0 Å². The topological polar surface area (TPSA) is 53.6 Å². The lowest BCUT2D eigenvalue weighted by Crippen LogP contribution is -2.36. The van der Waals surface area contributed by atoms with E-state index in [1.54, 1.807) is 0 Å². The van der Waals surface area contributed by atoms with Crippen LogP contribution in [0.3, 0.4) is 0 Å². The lowest BCUT2D eigenvalue weighted by atomic mass is 10.1. The van der Waals surface area contributed by atoms with Gasteiger partial charge in [0.1, 0.15) is 0 Å². The van der Waals surface area contributed by atoms with Gasteiger partial charge in [-0.05, 0) is 24.6 Å². The summed E-state index contributed by atoms with van der Waals surface area (Å²) in [5.74, 6) is 0.0297. The fourth-order valence-electron chi connectivity index (χ4n) is 3.01. The van der Waals surface area contributed by atoms with Crippen molar-refractivity contribution in [3.63, 3.8) is 0 Å². The molecule has 3 rings (SSSR count). The van der Waals surface area contributed by atoms with E-state index in [9.17, 15) is 4.79 Å². The third-order valence-corrected chi connectivity index (χ3v) is 4.51. The summed E-state index contributed by atoms with van der Waals surface area (Å²) >= 11 is 0. The summed E-state index contributed by atoms with van der Waals surface area (Å²) in [5.41, 5.74) is 4.43. The molecule has 2 aromatic rings. The van der Waals surface area contributed by atoms with E-state index in [1.807, 2.05) is 18.2 Å². The number of benzene rings is 2. The van der Waals surface area contributed by atoms with Crippen LogP contribution in [0.25, 0.3) is 0 Å². The first kappa shape index (κ1) is 18.4. The monoisotopic (exact) mass is 353 g/mol. The fourth-order valence-corrected chi connectivity index (χ4v) is 3.01. The van der Waals surface area contributed by atoms with E-state index in [-0.39, 0.29) is 5.91 Å². The van der Waals surface area contributed by atoms with Crippen LogP contribution in [0.4, 0.5) is 11.4 Å². The highest BCUT2D eigenvalue weighted by molar-refractivity contribution is 5.94. The summed E-state index contributed by atoms with van der Waals surface area (Å²) in [4.78, 5) is 14.6. The number of nitrogens with zero attached hydrogens (tertiary/aromatic N) is 1. The zero-order chi connectivity index (χ0) is 18.2. The molecule has 0 atom stereocenters. The summed E-state index contributed by atoms with van der Waals surface area (Å²) < 4.78 is 5.41. The number of anilines is 2. The molecule has 1 fully saturated rings. The van der Waals surface area contributed by atoms with Crippen LogP contribution in [0, 0.1) is 6.92 Å². The molecule has 0 bridgehead atoms. The van der Waals surface area contributed by atoms with E-state index in [0.717, 1.165) is 44.2 Å². The number of para-hydroxylation sites is 2. The zero-order valence-corrected chi connectivity index (χ0v) is 15.3. The van der Waals surface area contributed by atoms with Crippen molar-refractivity contribution in [3.8, 4) is 0 Å². The molecule has 2 N–H and O–H groups in total. The minimum absolute atomic E-state index is 0.0297. The molecule has 26 heavy (non-hydrogen) atoms. The average molecular weight is 353 g/mol. The molecule has 0 spiro atoms. The average Bonchev–Trinajstić information content (AvgIpc) is 2.68. The lowest BCUT2D eigenvalue weighted by Gasteiger charge is -2.30. The molecule has 1 amide bonds. The van der Waals surface area contributed by atoms with Gasteiger partial charge >= 0.3 is 0 Å². The van der Waals surface area contributed by atoms with Gasteiger partial charge in [-0.3, -0.25) is 4.79 Å². The molecule has 0 aliphatic carbocycles. The molecule has 138 valence electrons. The Bertz CT molecular complexity index is 709. The molecule has 1 saturated heterocycles. The summed E-state index contributed by atoms with van der Waals surface area (Å²) in [6.45, 7) is 6.67. The Morgan fingerprint density at radius 2 is 1.81 bits per heavy atom. The SMILES string of the molecule is Cc1ccc(CNCCC(=O)Nc2ccccc2N2CCOCC2)cc1. The number of hydrogen-bond acceptors (Lipinski definition) is 4. The number of hydrogen-bond donors (Lipinski definition) is 2. The molecule has 0 radical (unpaired) electrons. The normalized spacial score (nSPS) is 14.3. The van der Waals surface area contributed by atoms with Crippen LogP contribution in [0.1, 0.15) is 17.5 Å². The number of nitrogens with one attached hydrogen (secondary N) is 2. The van der Waals surface area contributed by atoms with Crippen molar-refractivity contribution in [2.24, 2.45) is 0 Å². The zero-order valence-electron chi connectivity index (χ0n) is 15.3. The summed E-state index contributed by atoms with van der Waals surface area (Å²) in [6, 6.07) is 16.4. The number of morpholine rings is 1. The van der Waals surface area contributed by atoms with Gasteiger partial charge in [-0.1, -0.05) is 42.0 Å². The van der Waals surface area contributed by atoms with Crippen LogP contribution in [0.15, 0.2) is 48.5 Å². The van der Waals surface area contributed by atoms with Gasteiger partial charge in [-0.2, -0.15) is 0 Å². The highest BCUT2D eigenvalue weighted by atomic mass is 16.5. The molecule has 1 aliphatic rings. The summed E-state index contributed by atoms with van der Waals surface area (Å²) in [5, 5.41) is 6.38. The standard InChI is InChI=1S/C21H27N3O2/c1-17-6-8-18(9-7-17)16-22-11-10-21(25)23-19-4-2-3-5-20(19)24-12-14-26-15-13-24/h2-9,22H,10-16H2,1H3,(H,23,25). The van der Waals surface area contributed by atoms with Crippen molar-refractivity contribution in [2.75, 3.05) is 43.1 Å². The van der Waals surface area contributed by atoms with Gasteiger partial charge in [0.25, 0.3) is 0 Å². The Hall–Kier alpha value is -2.37. The van der Waals surface area contributed by atoms with Crippen LogP contribution in [0.2, 0.25) is 0 Å². The van der Waals surface area contributed by atoms with Crippen molar-refractivity contribution in [1.29, 1.82) is 0 Å². The number of amides is 1. The third kappa shape index (κ3) is 5.31. The van der Waals surface area contributed by atoms with E-state index in [1.165, 1.54) is 11.1 Å². The highest BCUT2D eigenvalue weighted by Crippen LogP contribution is 2.26. The van der Waals surface area contributed by atoms with E-state index in [4.69, 9.17) is 4.74 Å². The second-order valence-electron chi connectivity index (χ2n) is 6.58. The van der Waals surface area contributed by atoms with Gasteiger partial charge in [0.15, 0.2) is 0 Å². The third-order valence-electron chi connectivity index (χ3n) is 4.51. The molecular formula is C21H27N3O2. The van der Waals surface area contributed by atoms with Crippen LogP contribution < -0.4 is 15.5 Å². The maximum Gasteiger partial charge on any atom is 0.225 e. The highest BCUT2D eigenvalue weighted by Gasteiger charge is 2.15. The first-order valence-electron chi connectivity index (χ1n) is 9.20. The van der Waals surface area contributed by atoms with Crippen molar-refractivity contribution in [2.45, 2.75) is 19.9 Å². The first-order chi connectivity index (χ1) is 12.7. The Morgan fingerprint density at radius 1 is 1.08 bits per heavy atom. The van der Waals surface area contributed by atoms with E-state index in [0.29, 0.717) is 13.0 Å². The Morgan fingerprint density at radius 3 is 2.58 bits per heavy atom. The lowest BCUT2D eigenvalue weighted by molar-refractivity contribution is -0.116. The smallest absolute Gasteiger partial charge is 0.225 e. The predicted molar refractivity (Wildman–Crippen MR) is 106 cm³/mol. The number of aryl methyl sites for hydroxylation is 1. The first-order valence-corrected chi connectivity index (χ1v) is 9.20. The van der Waals surface area contributed by atoms with E-state index < -0.39 is 0 Å². The number of carbonyl (C=O) groups is 1. The molecule has 0 saturated carbocycles. The number of ether oxygens (including phenoxy) is 1. The van der Waals surface area contributed by atoms with Crippen molar-refractivity contribution >= 4 is 17.3 Å². The van der Waals surface area contributed by atoms with Crippen LogP contribution in [-0.4, -0.2) is 38.8 Å². The van der Waals surface area contributed by atoms with Gasteiger partial charge in [0, 0.05) is 32.6 Å². The molecule has 1 heterocycles. The van der Waals surface area contributed by atoms with Crippen molar-refractivity contribution in [3.05, 3.63) is 59.7 Å². The largest absolute Gasteiger partial charge is 0.378 e. The molecule has 1 aliphatic heterocycles. The molecular weight excluding hydrogens is 326 g/mol. The molecule has 0 aromatic heterocycles. The predicted octanol–water partition coefficient (Wildman–Crippen LogP) is 2.95. The van der Waals surface area contributed by atoms with Gasteiger partial charge in [-0.15, -0.1) is 0 Å². The molecule has 5 nitrogen and oxygen atoms in total. The van der Waals surface area contributed by atoms with Gasteiger partial charge < -0.3 is 20.3 Å². The summed E-state index contributed by atoms with van der Waals surface area (Å²) in [7, 11) is 0. The Labute approximate surface area is 155 Å². The minimum atomic E-state index is 0.0297. The second kappa shape index (κ2) is 9.36. The number of carbonyl (C=O) groups excluding carboxylic acids is 1. The maximum absolute atomic E-state index is 12.3. The summed E-state index contributed by atoms with van der Waals surface area (Å²) in [6.07, 6.45) is 0.448. The number of rotatable bonds is 7. The van der Waals surface area contributed by atoms with Crippen LogP contribution in [-0.2, 0) is 16.1 Å². The quantitative estimate of drug-likeness (QED) is 0.752. The second-order valence-corrected chi connectivity index (χ2v) is 6.58. The van der Waals surface area contributed by atoms with E-state index >= 15 is 0 Å². The maximum atomic E-state index is 12.3. The van der Waals surface area contributed by atoms with Crippen molar-refractivity contribution in [1.82, 2.24) is 5.32 Å². The molecule has 5 heteroatoms. The van der Waals surface area contributed by atoms with Gasteiger partial charge in [0.05, 0.1) is 24.6 Å². The Kier molecular flexibility index (Phi) is 6.63. The van der Waals surface area contributed by atoms with Crippen molar-refractivity contribution < 1.29 is 9.53 Å².